The van der Waals surface area contributed by atoms with Crippen LogP contribution in [0.4, 0.5) is 0 Å². The van der Waals surface area contributed by atoms with Gasteiger partial charge in [0.25, 0.3) is 0 Å². The summed E-state index contributed by atoms with van der Waals surface area (Å²) in [5, 5.41) is 16.6. The summed E-state index contributed by atoms with van der Waals surface area (Å²) >= 11 is 0. The van der Waals surface area contributed by atoms with E-state index in [2.05, 4.69) is 31.4 Å². The minimum atomic E-state index is 0.364. The summed E-state index contributed by atoms with van der Waals surface area (Å²) in [5.41, 5.74) is 6.77. The van der Waals surface area contributed by atoms with Crippen molar-refractivity contribution < 1.29 is 5.11 Å². The largest absolute Gasteiger partial charge is 0.396 e. The lowest BCUT2D eigenvalue weighted by atomic mass is 9.44. The molecule has 4 aliphatic rings. The average molecular weight is 476 g/mol. The van der Waals surface area contributed by atoms with Crippen LogP contribution in [-0.2, 0) is 0 Å². The molecular weight excluding hydrogens is 418 g/mol. The number of hydrogen-bond donors (Lipinski definition) is 4. The first-order valence-electron chi connectivity index (χ1n) is 15.2. The first-order chi connectivity index (χ1) is 16.4. The lowest BCUT2D eigenvalue weighted by Gasteiger charge is -2.61. The molecule has 0 radical (unpaired) electrons. The smallest absolute Gasteiger partial charge is 0.0431 e. The van der Waals surface area contributed by atoms with Crippen LogP contribution in [0.15, 0.2) is 0 Å². The topological polar surface area (TPSA) is 70.3 Å². The van der Waals surface area contributed by atoms with Gasteiger partial charge in [-0.2, -0.15) is 0 Å². The van der Waals surface area contributed by atoms with Crippen molar-refractivity contribution in [3.8, 4) is 0 Å². The zero-order chi connectivity index (χ0) is 24.2. The standard InChI is InChI=1S/C30H57N3O/c1-22(7-4-5-20-34)26-10-11-27-25-9-8-23-21-24(33-19-18-32-17-6-16-31)12-14-29(23,2)28(25)13-15-30(26,27)3/h22-28,32-34H,4-21,31H2,1-3H3. The van der Waals surface area contributed by atoms with E-state index >= 15 is 0 Å². The van der Waals surface area contributed by atoms with Gasteiger partial charge in [0.05, 0.1) is 0 Å². The van der Waals surface area contributed by atoms with Crippen molar-refractivity contribution >= 4 is 0 Å². The quantitative estimate of drug-likeness (QED) is 0.288. The molecule has 4 aliphatic carbocycles. The van der Waals surface area contributed by atoms with Crippen molar-refractivity contribution in [1.82, 2.24) is 10.6 Å². The summed E-state index contributed by atoms with van der Waals surface area (Å²) in [7, 11) is 0. The Morgan fingerprint density at radius 3 is 2.47 bits per heavy atom. The van der Waals surface area contributed by atoms with E-state index in [4.69, 9.17) is 5.73 Å². The van der Waals surface area contributed by atoms with Crippen LogP contribution >= 0.6 is 0 Å². The number of aliphatic hydroxyl groups is 1. The molecule has 5 N–H and O–H groups in total. The number of fused-ring (bicyclic) bond motifs is 5. The summed E-state index contributed by atoms with van der Waals surface area (Å²) < 4.78 is 0. The van der Waals surface area contributed by atoms with Crippen molar-refractivity contribution in [1.29, 1.82) is 0 Å². The summed E-state index contributed by atoms with van der Waals surface area (Å²) in [6.07, 6.45) is 17.8. The molecule has 0 aliphatic heterocycles. The van der Waals surface area contributed by atoms with Crippen LogP contribution in [0.5, 0.6) is 0 Å². The Hall–Kier alpha value is -0.160. The Morgan fingerprint density at radius 2 is 1.68 bits per heavy atom. The SMILES string of the molecule is CC(CCCCO)C1CCC2C3CCC4CC(NCCNCCCN)CCC4(C)C3CCC12C. The number of rotatable bonds is 12. The molecule has 0 spiro atoms. The third-order valence-corrected chi connectivity index (χ3v) is 11.8. The van der Waals surface area contributed by atoms with Gasteiger partial charge < -0.3 is 21.5 Å². The summed E-state index contributed by atoms with van der Waals surface area (Å²) in [5.74, 6) is 5.63. The molecule has 0 saturated heterocycles. The van der Waals surface area contributed by atoms with Crippen molar-refractivity contribution in [3.05, 3.63) is 0 Å². The van der Waals surface area contributed by atoms with Crippen molar-refractivity contribution in [2.24, 2.45) is 52.1 Å². The molecule has 4 rings (SSSR count). The Balaban J connectivity index is 1.32. The molecule has 0 heterocycles. The van der Waals surface area contributed by atoms with Crippen LogP contribution in [-0.4, -0.2) is 43.9 Å². The van der Waals surface area contributed by atoms with E-state index < -0.39 is 0 Å². The van der Waals surface area contributed by atoms with Crippen LogP contribution < -0.4 is 16.4 Å². The van der Waals surface area contributed by atoms with Gasteiger partial charge in [-0.05, 0) is 130 Å². The molecule has 0 aromatic carbocycles. The van der Waals surface area contributed by atoms with Gasteiger partial charge in [0, 0.05) is 25.7 Å². The Morgan fingerprint density at radius 1 is 0.882 bits per heavy atom. The fourth-order valence-corrected chi connectivity index (χ4v) is 9.91. The molecule has 9 unspecified atom stereocenters. The molecule has 198 valence electrons. The minimum absolute atomic E-state index is 0.364. The van der Waals surface area contributed by atoms with Gasteiger partial charge in [0.15, 0.2) is 0 Å². The van der Waals surface area contributed by atoms with E-state index in [0.29, 0.717) is 17.4 Å². The van der Waals surface area contributed by atoms with Crippen LogP contribution in [0.3, 0.4) is 0 Å². The van der Waals surface area contributed by atoms with E-state index in [9.17, 15) is 5.11 Å². The fourth-order valence-electron chi connectivity index (χ4n) is 9.91. The molecule has 34 heavy (non-hydrogen) atoms. The number of nitrogens with two attached hydrogens (primary N) is 1. The van der Waals surface area contributed by atoms with Gasteiger partial charge in [-0.25, -0.2) is 0 Å². The van der Waals surface area contributed by atoms with Crippen LogP contribution in [0.1, 0.15) is 104 Å². The second-order valence-corrected chi connectivity index (χ2v) is 13.4. The number of unbranched alkanes of at least 4 members (excludes halogenated alkanes) is 1. The van der Waals surface area contributed by atoms with E-state index in [-0.39, 0.29) is 0 Å². The van der Waals surface area contributed by atoms with E-state index in [0.717, 1.165) is 80.6 Å². The highest BCUT2D eigenvalue weighted by molar-refractivity contribution is 5.10. The second kappa shape index (κ2) is 11.9. The molecule has 9 atom stereocenters. The first kappa shape index (κ1) is 26.9. The minimum Gasteiger partial charge on any atom is -0.396 e. The highest BCUT2D eigenvalue weighted by atomic mass is 16.2. The lowest BCUT2D eigenvalue weighted by Crippen LogP contribution is -2.55. The Bertz CT molecular complexity index is 628. The van der Waals surface area contributed by atoms with Crippen LogP contribution in [0, 0.1) is 46.3 Å². The van der Waals surface area contributed by atoms with Gasteiger partial charge in [-0.1, -0.05) is 33.6 Å². The maximum absolute atomic E-state index is 9.22. The highest BCUT2D eigenvalue weighted by Gasteiger charge is 2.60. The molecule has 0 aromatic rings. The van der Waals surface area contributed by atoms with E-state index in [1.54, 1.807) is 0 Å². The summed E-state index contributed by atoms with van der Waals surface area (Å²) in [6, 6.07) is 0.732. The normalized spacial score (nSPS) is 42.6. The fraction of sp³-hybridized carbons (Fsp3) is 1.00. The maximum atomic E-state index is 9.22. The number of hydrogen-bond acceptors (Lipinski definition) is 4. The zero-order valence-corrected chi connectivity index (χ0v) is 22.8. The average Bonchev–Trinajstić information content (AvgIpc) is 3.19. The maximum Gasteiger partial charge on any atom is 0.0431 e. The lowest BCUT2D eigenvalue weighted by molar-refractivity contribution is -0.118. The van der Waals surface area contributed by atoms with Crippen LogP contribution in [0.25, 0.3) is 0 Å². The first-order valence-corrected chi connectivity index (χ1v) is 15.2. The van der Waals surface area contributed by atoms with Gasteiger partial charge in [-0.3, -0.25) is 0 Å². The molecule has 4 fully saturated rings. The molecular formula is C30H57N3O. The third-order valence-electron chi connectivity index (χ3n) is 11.8. The monoisotopic (exact) mass is 475 g/mol. The third kappa shape index (κ3) is 5.41. The Kier molecular flexibility index (Phi) is 9.43. The van der Waals surface area contributed by atoms with E-state index in [1.165, 1.54) is 70.6 Å². The molecule has 4 nitrogen and oxygen atoms in total. The molecule has 0 amide bonds. The van der Waals surface area contributed by atoms with Gasteiger partial charge in [0.2, 0.25) is 0 Å². The van der Waals surface area contributed by atoms with E-state index in [1.807, 2.05) is 0 Å². The van der Waals surface area contributed by atoms with Crippen molar-refractivity contribution in [2.45, 2.75) is 110 Å². The van der Waals surface area contributed by atoms with Gasteiger partial charge >= 0.3 is 0 Å². The van der Waals surface area contributed by atoms with Crippen LogP contribution in [0.2, 0.25) is 0 Å². The summed E-state index contributed by atoms with van der Waals surface area (Å²) in [6.45, 7) is 12.3. The number of nitrogens with one attached hydrogen (secondary N) is 2. The van der Waals surface area contributed by atoms with Gasteiger partial charge in [0.1, 0.15) is 0 Å². The Labute approximate surface area is 211 Å². The molecule has 4 heteroatoms. The molecule has 0 bridgehead atoms. The molecule has 0 aromatic heterocycles. The second-order valence-electron chi connectivity index (χ2n) is 13.4. The predicted octanol–water partition coefficient (Wildman–Crippen LogP) is 5.34. The predicted molar refractivity (Wildman–Crippen MR) is 144 cm³/mol. The summed E-state index contributed by atoms with van der Waals surface area (Å²) in [4.78, 5) is 0. The number of aliphatic hydroxyl groups excluding tert-OH is 1. The molecule has 4 saturated carbocycles. The zero-order valence-electron chi connectivity index (χ0n) is 22.8. The highest BCUT2D eigenvalue weighted by Crippen LogP contribution is 2.68. The van der Waals surface area contributed by atoms with Gasteiger partial charge in [-0.15, -0.1) is 0 Å². The van der Waals surface area contributed by atoms with Crippen molar-refractivity contribution in [2.75, 3.05) is 32.8 Å². The van der Waals surface area contributed by atoms with Crippen molar-refractivity contribution in [3.63, 3.8) is 0 Å².